The van der Waals surface area contributed by atoms with Gasteiger partial charge in [0.25, 0.3) is 0 Å². The van der Waals surface area contributed by atoms with Crippen molar-refractivity contribution in [3.05, 3.63) is 10.6 Å². The Labute approximate surface area is 121 Å². The van der Waals surface area contributed by atoms with E-state index >= 15 is 0 Å². The van der Waals surface area contributed by atoms with Gasteiger partial charge in [0.05, 0.1) is 12.3 Å². The Morgan fingerprint density at radius 1 is 1.37 bits per heavy atom. The molecule has 110 valence electrons. The third-order valence-corrected chi connectivity index (χ3v) is 4.80. The lowest BCUT2D eigenvalue weighted by molar-refractivity contribution is 0.202. The van der Waals surface area contributed by atoms with Gasteiger partial charge in [-0.15, -0.1) is 11.3 Å². The topological polar surface area (TPSA) is 51.4 Å². The minimum absolute atomic E-state index is 0.0530. The Morgan fingerprint density at radius 3 is 2.42 bits per heavy atom. The summed E-state index contributed by atoms with van der Waals surface area (Å²) in [6.07, 6.45) is 2.23. The van der Waals surface area contributed by atoms with Gasteiger partial charge in [0, 0.05) is 30.6 Å². The summed E-state index contributed by atoms with van der Waals surface area (Å²) >= 11 is 1.72. The number of anilines is 1. The number of nitrogens with zero attached hydrogens (tertiary/aromatic N) is 2. The average molecular weight is 285 g/mol. The molecule has 1 aromatic heterocycles. The van der Waals surface area contributed by atoms with E-state index in [9.17, 15) is 0 Å². The lowest BCUT2D eigenvalue weighted by Gasteiger charge is -2.30. The second-order valence-corrected chi connectivity index (χ2v) is 5.90. The van der Waals surface area contributed by atoms with Crippen molar-refractivity contribution in [2.75, 3.05) is 25.2 Å². The molecule has 1 atom stereocenters. The number of hydrogen-bond donors (Lipinski definition) is 1. The maximum atomic E-state index is 6.00. The standard InChI is InChI=1S/C14H27N3OS/c1-6-12(7-2)17(8-9-18-5)14-16-11(4)13(19-14)10(3)15/h10,12H,6-9,15H2,1-5H3. The molecule has 0 aliphatic heterocycles. The van der Waals surface area contributed by atoms with Crippen LogP contribution >= 0.6 is 11.3 Å². The van der Waals surface area contributed by atoms with Crippen LogP contribution in [0.4, 0.5) is 5.13 Å². The van der Waals surface area contributed by atoms with Gasteiger partial charge in [-0.2, -0.15) is 0 Å². The maximum absolute atomic E-state index is 6.00. The molecule has 0 aromatic carbocycles. The fraction of sp³-hybridized carbons (Fsp3) is 0.786. The SMILES string of the molecule is CCC(CC)N(CCOC)c1nc(C)c(C(C)N)s1. The molecule has 19 heavy (non-hydrogen) atoms. The molecule has 2 N–H and O–H groups in total. The fourth-order valence-electron chi connectivity index (χ4n) is 2.29. The third kappa shape index (κ3) is 4.16. The quantitative estimate of drug-likeness (QED) is 0.797. The Hall–Kier alpha value is -0.650. The summed E-state index contributed by atoms with van der Waals surface area (Å²) in [5.41, 5.74) is 7.06. The van der Waals surface area contributed by atoms with Gasteiger partial charge in [0.1, 0.15) is 0 Å². The number of rotatable bonds is 8. The summed E-state index contributed by atoms with van der Waals surface area (Å²) in [6, 6.07) is 0.568. The number of thiazole rings is 1. The second kappa shape index (κ2) is 7.82. The first kappa shape index (κ1) is 16.4. The van der Waals surface area contributed by atoms with Crippen LogP contribution in [0.1, 0.15) is 50.2 Å². The van der Waals surface area contributed by atoms with Crippen LogP contribution in [0.5, 0.6) is 0 Å². The summed E-state index contributed by atoms with van der Waals surface area (Å²) in [4.78, 5) is 8.26. The van der Waals surface area contributed by atoms with E-state index in [1.807, 2.05) is 13.8 Å². The molecule has 4 nitrogen and oxygen atoms in total. The molecule has 0 radical (unpaired) electrons. The normalized spacial score (nSPS) is 13.0. The summed E-state index contributed by atoms with van der Waals surface area (Å²) in [7, 11) is 1.74. The molecule has 5 heteroatoms. The van der Waals surface area contributed by atoms with Crippen molar-refractivity contribution in [3.8, 4) is 0 Å². The number of aromatic nitrogens is 1. The van der Waals surface area contributed by atoms with E-state index < -0.39 is 0 Å². The van der Waals surface area contributed by atoms with Crippen molar-refractivity contribution in [3.63, 3.8) is 0 Å². The molecule has 0 fully saturated rings. The van der Waals surface area contributed by atoms with Crippen LogP contribution < -0.4 is 10.6 Å². The van der Waals surface area contributed by atoms with Gasteiger partial charge in [-0.1, -0.05) is 13.8 Å². The van der Waals surface area contributed by atoms with E-state index in [-0.39, 0.29) is 6.04 Å². The molecule has 1 heterocycles. The minimum atomic E-state index is 0.0530. The second-order valence-electron chi connectivity index (χ2n) is 4.89. The molecule has 0 amide bonds. The first-order valence-corrected chi connectivity index (χ1v) is 7.85. The van der Waals surface area contributed by atoms with E-state index in [0.717, 1.165) is 36.8 Å². The summed E-state index contributed by atoms with van der Waals surface area (Å²) in [6.45, 7) is 10.1. The minimum Gasteiger partial charge on any atom is -0.383 e. The zero-order valence-corrected chi connectivity index (χ0v) is 13.6. The van der Waals surface area contributed by atoms with E-state index in [2.05, 4.69) is 18.7 Å². The number of hydrogen-bond acceptors (Lipinski definition) is 5. The van der Waals surface area contributed by atoms with Crippen molar-refractivity contribution in [2.24, 2.45) is 5.73 Å². The van der Waals surface area contributed by atoms with E-state index in [1.54, 1.807) is 18.4 Å². The highest BCUT2D eigenvalue weighted by molar-refractivity contribution is 7.15. The highest BCUT2D eigenvalue weighted by Gasteiger charge is 2.21. The Balaban J connectivity index is 2.99. The van der Waals surface area contributed by atoms with Crippen LogP contribution in [-0.2, 0) is 4.74 Å². The molecule has 0 aliphatic rings. The monoisotopic (exact) mass is 285 g/mol. The highest BCUT2D eigenvalue weighted by Crippen LogP contribution is 2.31. The molecular weight excluding hydrogens is 258 g/mol. The molecule has 1 rings (SSSR count). The van der Waals surface area contributed by atoms with Gasteiger partial charge < -0.3 is 15.4 Å². The molecule has 0 saturated heterocycles. The van der Waals surface area contributed by atoms with E-state index in [1.165, 1.54) is 4.88 Å². The van der Waals surface area contributed by atoms with Crippen molar-refractivity contribution in [1.82, 2.24) is 4.98 Å². The first-order chi connectivity index (χ1) is 9.04. The first-order valence-electron chi connectivity index (χ1n) is 7.03. The number of methoxy groups -OCH3 is 1. The van der Waals surface area contributed by atoms with Crippen LogP contribution in [0, 0.1) is 6.92 Å². The van der Waals surface area contributed by atoms with E-state index in [0.29, 0.717) is 6.04 Å². The van der Waals surface area contributed by atoms with Gasteiger partial charge in [0.15, 0.2) is 5.13 Å². The smallest absolute Gasteiger partial charge is 0.186 e. The molecule has 0 aliphatic carbocycles. The number of ether oxygens (including phenoxy) is 1. The van der Waals surface area contributed by atoms with Crippen LogP contribution in [-0.4, -0.2) is 31.3 Å². The Kier molecular flexibility index (Phi) is 6.75. The van der Waals surface area contributed by atoms with Gasteiger partial charge >= 0.3 is 0 Å². The zero-order valence-electron chi connectivity index (χ0n) is 12.8. The summed E-state index contributed by atoms with van der Waals surface area (Å²) < 4.78 is 5.23. The lowest BCUT2D eigenvalue weighted by atomic mass is 10.1. The lowest BCUT2D eigenvalue weighted by Crippen LogP contribution is -2.37. The predicted octanol–water partition coefficient (Wildman–Crippen LogP) is 3.11. The van der Waals surface area contributed by atoms with Crippen molar-refractivity contribution >= 4 is 16.5 Å². The molecule has 0 saturated carbocycles. The van der Waals surface area contributed by atoms with E-state index in [4.69, 9.17) is 15.5 Å². The van der Waals surface area contributed by atoms with Crippen LogP contribution in [0.3, 0.4) is 0 Å². The number of nitrogens with two attached hydrogens (primary N) is 1. The molecule has 0 bridgehead atoms. The third-order valence-electron chi connectivity index (χ3n) is 3.40. The summed E-state index contributed by atoms with van der Waals surface area (Å²) in [5, 5.41) is 1.08. The Morgan fingerprint density at radius 2 is 2.00 bits per heavy atom. The maximum Gasteiger partial charge on any atom is 0.186 e. The number of aryl methyl sites for hydroxylation is 1. The van der Waals surface area contributed by atoms with Crippen molar-refractivity contribution < 1.29 is 4.74 Å². The van der Waals surface area contributed by atoms with Gasteiger partial charge in [-0.3, -0.25) is 0 Å². The zero-order chi connectivity index (χ0) is 14.4. The molecule has 1 aromatic rings. The predicted molar refractivity (Wildman–Crippen MR) is 83.0 cm³/mol. The molecular formula is C14H27N3OS. The van der Waals surface area contributed by atoms with Crippen LogP contribution in [0.15, 0.2) is 0 Å². The molecule has 1 unspecified atom stereocenters. The van der Waals surface area contributed by atoms with Gasteiger partial charge in [-0.25, -0.2) is 4.98 Å². The Bertz CT molecular complexity index is 375. The highest BCUT2D eigenvalue weighted by atomic mass is 32.1. The van der Waals surface area contributed by atoms with Gasteiger partial charge in [0.2, 0.25) is 0 Å². The van der Waals surface area contributed by atoms with Crippen molar-refractivity contribution in [2.45, 2.75) is 52.6 Å². The fourth-order valence-corrected chi connectivity index (χ4v) is 3.41. The molecule has 0 spiro atoms. The van der Waals surface area contributed by atoms with Crippen molar-refractivity contribution in [1.29, 1.82) is 0 Å². The van der Waals surface area contributed by atoms with Crippen LogP contribution in [0.25, 0.3) is 0 Å². The largest absolute Gasteiger partial charge is 0.383 e. The summed E-state index contributed by atoms with van der Waals surface area (Å²) in [5.74, 6) is 0. The van der Waals surface area contributed by atoms with Gasteiger partial charge in [-0.05, 0) is 26.7 Å². The average Bonchev–Trinajstić information content (AvgIpc) is 2.76. The van der Waals surface area contributed by atoms with Crippen LogP contribution in [0.2, 0.25) is 0 Å².